The molecule has 0 saturated carbocycles. The van der Waals surface area contributed by atoms with Crippen LogP contribution in [0.2, 0.25) is 0 Å². The van der Waals surface area contributed by atoms with Gasteiger partial charge in [-0.3, -0.25) is 4.79 Å². The van der Waals surface area contributed by atoms with E-state index in [2.05, 4.69) is 31.0 Å². The van der Waals surface area contributed by atoms with Gasteiger partial charge >= 0.3 is 0 Å². The zero-order chi connectivity index (χ0) is 11.1. The highest BCUT2D eigenvalue weighted by Crippen LogP contribution is 2.40. The lowest BCUT2D eigenvalue weighted by molar-refractivity contribution is -0.130. The maximum absolute atomic E-state index is 11.9. The third-order valence-corrected chi connectivity index (χ3v) is 4.04. The van der Waals surface area contributed by atoms with E-state index in [0.717, 1.165) is 32.4 Å². The molecule has 86 valence electrons. The third-order valence-electron chi connectivity index (χ3n) is 4.04. The molecule has 0 bridgehead atoms. The summed E-state index contributed by atoms with van der Waals surface area (Å²) in [5.74, 6) is 0.304. The van der Waals surface area contributed by atoms with Crippen molar-refractivity contribution in [2.45, 2.75) is 52.1 Å². The summed E-state index contributed by atoms with van der Waals surface area (Å²) >= 11 is 0. The second-order valence-corrected chi connectivity index (χ2v) is 5.49. The number of piperidine rings is 1. The highest BCUT2D eigenvalue weighted by Gasteiger charge is 2.46. The summed E-state index contributed by atoms with van der Waals surface area (Å²) in [5.41, 5.74) is -0.0230. The van der Waals surface area contributed by atoms with Gasteiger partial charge in [-0.2, -0.15) is 0 Å². The molecular formula is C12H22N2O. The SMILES string of the molecule is CC(C)N1CCC2(CC1)C[C@@H](C)NC2=O. The number of nitrogens with zero attached hydrogens (tertiary/aromatic N) is 1. The summed E-state index contributed by atoms with van der Waals surface area (Å²) in [6.45, 7) is 8.74. The highest BCUT2D eigenvalue weighted by atomic mass is 16.2. The molecule has 1 spiro atoms. The van der Waals surface area contributed by atoms with Crippen LogP contribution in [0.1, 0.15) is 40.0 Å². The van der Waals surface area contributed by atoms with Crippen LogP contribution in [0.5, 0.6) is 0 Å². The Bertz CT molecular complexity index is 254. The molecule has 2 aliphatic heterocycles. The molecule has 0 aromatic carbocycles. The predicted octanol–water partition coefficient (Wildman–Crippen LogP) is 1.39. The fourth-order valence-corrected chi connectivity index (χ4v) is 3.01. The van der Waals surface area contributed by atoms with Crippen LogP contribution in [-0.4, -0.2) is 36.0 Å². The van der Waals surface area contributed by atoms with Crippen molar-refractivity contribution in [3.8, 4) is 0 Å². The maximum Gasteiger partial charge on any atom is 0.226 e. The zero-order valence-corrected chi connectivity index (χ0v) is 10.0. The average Bonchev–Trinajstić information content (AvgIpc) is 2.42. The largest absolute Gasteiger partial charge is 0.353 e. The monoisotopic (exact) mass is 210 g/mol. The Morgan fingerprint density at radius 2 is 2.00 bits per heavy atom. The van der Waals surface area contributed by atoms with Crippen LogP contribution in [-0.2, 0) is 4.79 Å². The molecule has 2 saturated heterocycles. The zero-order valence-electron chi connectivity index (χ0n) is 10.0. The Morgan fingerprint density at radius 3 is 2.40 bits per heavy atom. The minimum atomic E-state index is -0.0230. The van der Waals surface area contributed by atoms with Crippen molar-refractivity contribution in [1.29, 1.82) is 0 Å². The van der Waals surface area contributed by atoms with Crippen molar-refractivity contribution in [3.05, 3.63) is 0 Å². The van der Waals surface area contributed by atoms with E-state index in [0.29, 0.717) is 18.0 Å². The molecule has 0 radical (unpaired) electrons. The first-order chi connectivity index (χ1) is 7.03. The van der Waals surface area contributed by atoms with Crippen LogP contribution in [0, 0.1) is 5.41 Å². The number of hydrogen-bond donors (Lipinski definition) is 1. The molecule has 1 atom stereocenters. The van der Waals surface area contributed by atoms with Gasteiger partial charge in [0.1, 0.15) is 0 Å². The van der Waals surface area contributed by atoms with E-state index in [1.54, 1.807) is 0 Å². The molecule has 0 aromatic heterocycles. The summed E-state index contributed by atoms with van der Waals surface area (Å²) in [6, 6.07) is 0.993. The van der Waals surface area contributed by atoms with Crippen molar-refractivity contribution in [3.63, 3.8) is 0 Å². The molecule has 3 nitrogen and oxygen atoms in total. The number of hydrogen-bond acceptors (Lipinski definition) is 2. The smallest absolute Gasteiger partial charge is 0.226 e. The van der Waals surface area contributed by atoms with Gasteiger partial charge in [-0.15, -0.1) is 0 Å². The molecule has 0 aromatic rings. The second-order valence-electron chi connectivity index (χ2n) is 5.49. The van der Waals surface area contributed by atoms with E-state index in [4.69, 9.17) is 0 Å². The highest BCUT2D eigenvalue weighted by molar-refractivity contribution is 5.85. The van der Waals surface area contributed by atoms with Crippen molar-refractivity contribution in [2.75, 3.05) is 13.1 Å². The Labute approximate surface area is 92.2 Å². The Hall–Kier alpha value is -0.570. The molecule has 3 heteroatoms. The van der Waals surface area contributed by atoms with E-state index in [-0.39, 0.29) is 5.41 Å². The van der Waals surface area contributed by atoms with E-state index in [1.807, 2.05) is 0 Å². The number of rotatable bonds is 1. The minimum absolute atomic E-state index is 0.0230. The number of likely N-dealkylation sites (tertiary alicyclic amines) is 1. The number of carbonyl (C=O) groups is 1. The predicted molar refractivity (Wildman–Crippen MR) is 60.6 cm³/mol. The van der Waals surface area contributed by atoms with Gasteiger partial charge in [0, 0.05) is 12.1 Å². The van der Waals surface area contributed by atoms with Crippen LogP contribution in [0.15, 0.2) is 0 Å². The summed E-state index contributed by atoms with van der Waals surface area (Å²) < 4.78 is 0. The lowest BCUT2D eigenvalue weighted by Crippen LogP contribution is -2.46. The molecule has 2 aliphatic rings. The van der Waals surface area contributed by atoms with Crippen molar-refractivity contribution in [1.82, 2.24) is 10.2 Å². The van der Waals surface area contributed by atoms with Gasteiger partial charge in [-0.1, -0.05) is 0 Å². The van der Waals surface area contributed by atoms with Gasteiger partial charge in [-0.25, -0.2) is 0 Å². The van der Waals surface area contributed by atoms with Crippen molar-refractivity contribution < 1.29 is 4.79 Å². The molecule has 1 amide bonds. The molecule has 0 aliphatic carbocycles. The first-order valence-corrected chi connectivity index (χ1v) is 6.08. The van der Waals surface area contributed by atoms with E-state index >= 15 is 0 Å². The summed E-state index contributed by atoms with van der Waals surface area (Å²) in [7, 11) is 0. The lowest BCUT2D eigenvalue weighted by Gasteiger charge is -2.39. The maximum atomic E-state index is 11.9. The number of amides is 1. The molecule has 1 N–H and O–H groups in total. The third kappa shape index (κ3) is 1.89. The van der Waals surface area contributed by atoms with Gasteiger partial charge in [0.05, 0.1) is 5.41 Å². The van der Waals surface area contributed by atoms with Crippen LogP contribution in [0.3, 0.4) is 0 Å². The Balaban J connectivity index is 2.00. The van der Waals surface area contributed by atoms with Crippen LogP contribution in [0.4, 0.5) is 0 Å². The summed E-state index contributed by atoms with van der Waals surface area (Å²) in [4.78, 5) is 14.4. The summed E-state index contributed by atoms with van der Waals surface area (Å²) in [5, 5.41) is 3.06. The topological polar surface area (TPSA) is 32.3 Å². The Morgan fingerprint density at radius 1 is 1.40 bits per heavy atom. The molecule has 15 heavy (non-hydrogen) atoms. The standard InChI is InChI=1S/C12H22N2O/c1-9(2)14-6-4-12(5-7-14)8-10(3)13-11(12)15/h9-10H,4-8H2,1-3H3,(H,13,15)/t10-/m1/s1. The van der Waals surface area contributed by atoms with Crippen LogP contribution >= 0.6 is 0 Å². The van der Waals surface area contributed by atoms with Gasteiger partial charge in [0.2, 0.25) is 5.91 Å². The molecule has 2 fully saturated rings. The van der Waals surface area contributed by atoms with E-state index in [1.165, 1.54) is 0 Å². The molecular weight excluding hydrogens is 188 g/mol. The molecule has 2 heterocycles. The number of nitrogens with one attached hydrogen (secondary N) is 1. The first kappa shape index (κ1) is 10.9. The van der Waals surface area contributed by atoms with Crippen molar-refractivity contribution in [2.24, 2.45) is 5.41 Å². The van der Waals surface area contributed by atoms with Gasteiger partial charge in [0.15, 0.2) is 0 Å². The van der Waals surface area contributed by atoms with Crippen molar-refractivity contribution >= 4 is 5.91 Å². The molecule has 0 unspecified atom stereocenters. The first-order valence-electron chi connectivity index (χ1n) is 6.08. The fraction of sp³-hybridized carbons (Fsp3) is 0.917. The molecule has 2 rings (SSSR count). The van der Waals surface area contributed by atoms with Gasteiger partial charge in [-0.05, 0) is 53.1 Å². The van der Waals surface area contributed by atoms with E-state index < -0.39 is 0 Å². The van der Waals surface area contributed by atoms with Crippen LogP contribution in [0.25, 0.3) is 0 Å². The second kappa shape index (κ2) is 3.78. The van der Waals surface area contributed by atoms with Crippen LogP contribution < -0.4 is 5.32 Å². The average molecular weight is 210 g/mol. The number of carbonyl (C=O) groups excluding carboxylic acids is 1. The fourth-order valence-electron chi connectivity index (χ4n) is 3.01. The van der Waals surface area contributed by atoms with Gasteiger partial charge in [0.25, 0.3) is 0 Å². The van der Waals surface area contributed by atoms with E-state index in [9.17, 15) is 4.79 Å². The summed E-state index contributed by atoms with van der Waals surface area (Å²) in [6.07, 6.45) is 3.13. The van der Waals surface area contributed by atoms with Gasteiger partial charge < -0.3 is 10.2 Å². The quantitative estimate of drug-likeness (QED) is 0.709. The normalized spacial score (nSPS) is 31.2. The Kier molecular flexibility index (Phi) is 2.75. The minimum Gasteiger partial charge on any atom is -0.353 e. The lowest BCUT2D eigenvalue weighted by atomic mass is 9.76.